The quantitative estimate of drug-likeness (QED) is 0.807. The van der Waals surface area contributed by atoms with Gasteiger partial charge in [0.15, 0.2) is 11.5 Å². The second kappa shape index (κ2) is 4.22. The molecule has 0 aliphatic heterocycles. The normalized spacial score (nSPS) is 10.4. The van der Waals surface area contributed by atoms with E-state index in [4.69, 9.17) is 9.47 Å². The Morgan fingerprint density at radius 2 is 1.50 bits per heavy atom. The number of rotatable bonds is 3. The van der Waals surface area contributed by atoms with Gasteiger partial charge in [-0.1, -0.05) is 13.8 Å². The number of hydrogen-bond acceptors (Lipinski definition) is 3. The summed E-state index contributed by atoms with van der Waals surface area (Å²) in [5.41, 5.74) is 1.08. The number of phenolic OH excluding ortho intramolecular Hbond substituents is 1. The van der Waals surface area contributed by atoms with Gasteiger partial charge in [0.2, 0.25) is 5.75 Å². The second-order valence-corrected chi connectivity index (χ2v) is 3.43. The van der Waals surface area contributed by atoms with Crippen LogP contribution in [0, 0.1) is 0 Å². The predicted octanol–water partition coefficient (Wildman–Crippen LogP) is 2.53. The molecule has 14 heavy (non-hydrogen) atoms. The highest BCUT2D eigenvalue weighted by molar-refractivity contribution is 5.53. The van der Waals surface area contributed by atoms with E-state index >= 15 is 0 Å². The predicted molar refractivity (Wildman–Crippen MR) is 55.3 cm³/mol. The standard InChI is InChI=1S/C11H16O3/c1-7(2)8-5-9(13-3)11(12)10(6-8)14-4/h5-7,12H,1-4H3. The fourth-order valence-corrected chi connectivity index (χ4v) is 1.25. The molecule has 0 saturated heterocycles. The molecule has 78 valence electrons. The Hall–Kier alpha value is -1.38. The van der Waals surface area contributed by atoms with Crippen molar-refractivity contribution in [3.63, 3.8) is 0 Å². The third kappa shape index (κ3) is 1.92. The van der Waals surface area contributed by atoms with Gasteiger partial charge in [-0.2, -0.15) is 0 Å². The SMILES string of the molecule is COc1cc(C(C)C)cc(OC)c1O. The average molecular weight is 196 g/mol. The van der Waals surface area contributed by atoms with Gasteiger partial charge in [0.25, 0.3) is 0 Å². The maximum absolute atomic E-state index is 9.65. The van der Waals surface area contributed by atoms with E-state index in [0.29, 0.717) is 17.4 Å². The van der Waals surface area contributed by atoms with Crippen LogP contribution >= 0.6 is 0 Å². The molecular weight excluding hydrogens is 180 g/mol. The molecule has 0 aliphatic carbocycles. The van der Waals surface area contributed by atoms with E-state index in [1.54, 1.807) is 0 Å². The molecular formula is C11H16O3. The van der Waals surface area contributed by atoms with E-state index in [1.807, 2.05) is 12.1 Å². The Morgan fingerprint density at radius 1 is 1.07 bits per heavy atom. The molecule has 0 bridgehead atoms. The largest absolute Gasteiger partial charge is 0.502 e. The number of phenols is 1. The van der Waals surface area contributed by atoms with Gasteiger partial charge in [0.1, 0.15) is 0 Å². The van der Waals surface area contributed by atoms with Crippen molar-refractivity contribution in [2.75, 3.05) is 14.2 Å². The fraction of sp³-hybridized carbons (Fsp3) is 0.455. The molecule has 0 radical (unpaired) electrons. The van der Waals surface area contributed by atoms with Crippen molar-refractivity contribution in [3.8, 4) is 17.2 Å². The summed E-state index contributed by atoms with van der Waals surface area (Å²) in [4.78, 5) is 0. The lowest BCUT2D eigenvalue weighted by atomic mass is 10.0. The molecule has 3 heteroatoms. The summed E-state index contributed by atoms with van der Waals surface area (Å²) in [5, 5.41) is 9.65. The molecule has 0 atom stereocenters. The molecule has 0 aliphatic rings. The Morgan fingerprint density at radius 3 is 1.79 bits per heavy atom. The number of ether oxygens (including phenoxy) is 2. The lowest BCUT2D eigenvalue weighted by Gasteiger charge is -2.12. The van der Waals surface area contributed by atoms with Crippen LogP contribution in [0.4, 0.5) is 0 Å². The van der Waals surface area contributed by atoms with Crippen LogP contribution < -0.4 is 9.47 Å². The van der Waals surface area contributed by atoms with Crippen molar-refractivity contribution < 1.29 is 14.6 Å². The first-order valence-electron chi connectivity index (χ1n) is 4.55. The Bertz CT molecular complexity index is 293. The Kier molecular flexibility index (Phi) is 3.23. The van der Waals surface area contributed by atoms with E-state index in [2.05, 4.69) is 13.8 Å². The second-order valence-electron chi connectivity index (χ2n) is 3.43. The van der Waals surface area contributed by atoms with E-state index in [-0.39, 0.29) is 5.75 Å². The highest BCUT2D eigenvalue weighted by Gasteiger charge is 2.12. The lowest BCUT2D eigenvalue weighted by Crippen LogP contribution is -1.94. The monoisotopic (exact) mass is 196 g/mol. The first-order valence-corrected chi connectivity index (χ1v) is 4.55. The molecule has 3 nitrogen and oxygen atoms in total. The van der Waals surface area contributed by atoms with Crippen LogP contribution in [0.1, 0.15) is 25.3 Å². The Balaban J connectivity index is 3.25. The van der Waals surface area contributed by atoms with Crippen LogP contribution in [-0.4, -0.2) is 19.3 Å². The molecule has 0 heterocycles. The Labute approximate surface area is 84.3 Å². The highest BCUT2D eigenvalue weighted by atomic mass is 16.5. The molecule has 0 aromatic heterocycles. The van der Waals surface area contributed by atoms with Gasteiger partial charge >= 0.3 is 0 Å². The zero-order valence-corrected chi connectivity index (χ0v) is 9.00. The van der Waals surface area contributed by atoms with Crippen molar-refractivity contribution in [2.45, 2.75) is 19.8 Å². The zero-order chi connectivity index (χ0) is 10.7. The minimum absolute atomic E-state index is 0.0550. The van der Waals surface area contributed by atoms with Gasteiger partial charge in [-0.15, -0.1) is 0 Å². The summed E-state index contributed by atoms with van der Waals surface area (Å²) in [5.74, 6) is 1.33. The number of hydrogen-bond donors (Lipinski definition) is 1. The maximum atomic E-state index is 9.65. The molecule has 1 aromatic rings. The van der Waals surface area contributed by atoms with Gasteiger partial charge in [0.05, 0.1) is 14.2 Å². The van der Waals surface area contributed by atoms with Crippen LogP contribution in [0.15, 0.2) is 12.1 Å². The average Bonchev–Trinajstić information content (AvgIpc) is 2.17. The molecule has 0 spiro atoms. The van der Waals surface area contributed by atoms with E-state index < -0.39 is 0 Å². The molecule has 1 N–H and O–H groups in total. The zero-order valence-electron chi connectivity index (χ0n) is 9.00. The van der Waals surface area contributed by atoms with Crippen LogP contribution in [0.3, 0.4) is 0 Å². The third-order valence-corrected chi connectivity index (χ3v) is 2.17. The fourth-order valence-electron chi connectivity index (χ4n) is 1.25. The number of methoxy groups -OCH3 is 2. The van der Waals surface area contributed by atoms with Gasteiger partial charge in [0, 0.05) is 0 Å². The molecule has 0 unspecified atom stereocenters. The third-order valence-electron chi connectivity index (χ3n) is 2.17. The highest BCUT2D eigenvalue weighted by Crippen LogP contribution is 2.38. The molecule has 1 rings (SSSR count). The minimum Gasteiger partial charge on any atom is -0.502 e. The summed E-state index contributed by atoms with van der Waals surface area (Å²) in [6.07, 6.45) is 0. The lowest BCUT2D eigenvalue weighted by molar-refractivity contribution is 0.339. The van der Waals surface area contributed by atoms with Crippen molar-refractivity contribution in [1.82, 2.24) is 0 Å². The van der Waals surface area contributed by atoms with Crippen LogP contribution in [0.5, 0.6) is 17.2 Å². The smallest absolute Gasteiger partial charge is 0.200 e. The van der Waals surface area contributed by atoms with Gasteiger partial charge in [-0.05, 0) is 23.6 Å². The van der Waals surface area contributed by atoms with Crippen LogP contribution in [0.25, 0.3) is 0 Å². The molecule has 0 fully saturated rings. The van der Waals surface area contributed by atoms with Crippen LogP contribution in [0.2, 0.25) is 0 Å². The van der Waals surface area contributed by atoms with Crippen molar-refractivity contribution >= 4 is 0 Å². The summed E-state index contributed by atoms with van der Waals surface area (Å²) >= 11 is 0. The van der Waals surface area contributed by atoms with Crippen molar-refractivity contribution in [2.24, 2.45) is 0 Å². The van der Waals surface area contributed by atoms with Crippen molar-refractivity contribution in [1.29, 1.82) is 0 Å². The van der Waals surface area contributed by atoms with Gasteiger partial charge in [-0.3, -0.25) is 0 Å². The van der Waals surface area contributed by atoms with Gasteiger partial charge in [-0.25, -0.2) is 0 Å². The maximum Gasteiger partial charge on any atom is 0.200 e. The topological polar surface area (TPSA) is 38.7 Å². The van der Waals surface area contributed by atoms with E-state index in [1.165, 1.54) is 14.2 Å². The molecule has 0 saturated carbocycles. The van der Waals surface area contributed by atoms with E-state index in [0.717, 1.165) is 5.56 Å². The number of aromatic hydroxyl groups is 1. The minimum atomic E-state index is 0.0550. The molecule has 0 amide bonds. The summed E-state index contributed by atoms with van der Waals surface area (Å²) < 4.78 is 10.1. The first-order chi connectivity index (χ1) is 6.60. The van der Waals surface area contributed by atoms with Crippen molar-refractivity contribution in [3.05, 3.63) is 17.7 Å². The van der Waals surface area contributed by atoms with Crippen LogP contribution in [-0.2, 0) is 0 Å². The van der Waals surface area contributed by atoms with E-state index in [9.17, 15) is 5.11 Å². The summed E-state index contributed by atoms with van der Waals surface area (Å²) in [6, 6.07) is 3.64. The summed E-state index contributed by atoms with van der Waals surface area (Å²) in [6.45, 7) is 4.15. The van der Waals surface area contributed by atoms with Gasteiger partial charge < -0.3 is 14.6 Å². The number of benzene rings is 1. The molecule has 1 aromatic carbocycles. The first kappa shape index (κ1) is 10.7. The summed E-state index contributed by atoms with van der Waals surface area (Å²) in [7, 11) is 3.05.